The molecule has 1 aliphatic heterocycles. The molecule has 2 fully saturated rings. The van der Waals surface area contributed by atoms with Gasteiger partial charge in [0.05, 0.1) is 6.33 Å². The molecule has 0 radical (unpaired) electrons. The summed E-state index contributed by atoms with van der Waals surface area (Å²) in [5, 5.41) is 3.15. The smallest absolute Gasteiger partial charge is 0.240 e. The van der Waals surface area contributed by atoms with Crippen LogP contribution >= 0.6 is 0 Å². The summed E-state index contributed by atoms with van der Waals surface area (Å²) in [7, 11) is 0. The van der Waals surface area contributed by atoms with E-state index in [9.17, 15) is 9.18 Å². The molecule has 0 atom stereocenters. The van der Waals surface area contributed by atoms with Gasteiger partial charge in [0.15, 0.2) is 0 Å². The zero-order valence-electron chi connectivity index (χ0n) is 16.3. The number of aromatic nitrogens is 2. The molecule has 1 aromatic heterocycles. The van der Waals surface area contributed by atoms with Crippen molar-refractivity contribution in [3.05, 3.63) is 54.4 Å². The SMILES string of the molecule is O=C(Cn1ccnc1)NC1CCN(CC2(c3ccccc3F)CCCC2)CC1. The molecule has 150 valence electrons. The number of amides is 1. The number of imidazole rings is 1. The third kappa shape index (κ3) is 4.27. The number of halogens is 1. The number of likely N-dealkylation sites (tertiary alicyclic amines) is 1. The van der Waals surface area contributed by atoms with Crippen molar-refractivity contribution in [3.63, 3.8) is 0 Å². The van der Waals surface area contributed by atoms with Crippen molar-refractivity contribution in [1.29, 1.82) is 0 Å². The van der Waals surface area contributed by atoms with Gasteiger partial charge in [-0.15, -0.1) is 0 Å². The molecule has 0 unspecified atom stereocenters. The van der Waals surface area contributed by atoms with Crippen LogP contribution in [0.4, 0.5) is 4.39 Å². The van der Waals surface area contributed by atoms with Crippen LogP contribution in [0.2, 0.25) is 0 Å². The first kappa shape index (κ1) is 19.1. The van der Waals surface area contributed by atoms with Crippen molar-refractivity contribution in [3.8, 4) is 0 Å². The Kier molecular flexibility index (Phi) is 5.76. The minimum absolute atomic E-state index is 0.0371. The lowest BCUT2D eigenvalue weighted by Gasteiger charge is -2.39. The van der Waals surface area contributed by atoms with Crippen LogP contribution in [0.3, 0.4) is 0 Å². The van der Waals surface area contributed by atoms with Crippen LogP contribution in [-0.2, 0) is 16.8 Å². The van der Waals surface area contributed by atoms with Crippen molar-refractivity contribution >= 4 is 5.91 Å². The van der Waals surface area contributed by atoms with E-state index in [4.69, 9.17) is 0 Å². The third-order valence-electron chi connectivity index (χ3n) is 6.37. The average Bonchev–Trinajstić information content (AvgIpc) is 3.36. The zero-order chi connectivity index (χ0) is 19.4. The van der Waals surface area contributed by atoms with Gasteiger partial charge < -0.3 is 14.8 Å². The molecular weight excluding hydrogens is 355 g/mol. The summed E-state index contributed by atoms with van der Waals surface area (Å²) in [5.74, 6) is -0.0267. The molecule has 0 bridgehead atoms. The molecule has 1 amide bonds. The van der Waals surface area contributed by atoms with E-state index in [2.05, 4.69) is 15.2 Å². The number of nitrogens with one attached hydrogen (secondary N) is 1. The van der Waals surface area contributed by atoms with E-state index in [1.165, 1.54) is 12.8 Å². The predicted octanol–water partition coefficient (Wildman–Crippen LogP) is 3.11. The summed E-state index contributed by atoms with van der Waals surface area (Å²) in [6, 6.07) is 7.53. The average molecular weight is 384 g/mol. The van der Waals surface area contributed by atoms with E-state index in [0.29, 0.717) is 6.54 Å². The molecule has 1 aliphatic carbocycles. The summed E-state index contributed by atoms with van der Waals surface area (Å²) in [6.07, 6.45) is 11.5. The van der Waals surface area contributed by atoms with Gasteiger partial charge in [-0.1, -0.05) is 31.0 Å². The Morgan fingerprint density at radius 3 is 2.64 bits per heavy atom. The Morgan fingerprint density at radius 1 is 1.21 bits per heavy atom. The molecule has 0 spiro atoms. The van der Waals surface area contributed by atoms with Gasteiger partial charge in [0.25, 0.3) is 0 Å². The second kappa shape index (κ2) is 8.43. The highest BCUT2D eigenvalue weighted by Crippen LogP contribution is 2.43. The van der Waals surface area contributed by atoms with Gasteiger partial charge in [-0.05, 0) is 37.3 Å². The highest BCUT2D eigenvalue weighted by Gasteiger charge is 2.39. The van der Waals surface area contributed by atoms with Crippen LogP contribution in [0.1, 0.15) is 44.1 Å². The molecular formula is C22H29FN4O. The monoisotopic (exact) mass is 384 g/mol. The largest absolute Gasteiger partial charge is 0.352 e. The fourth-order valence-electron chi connectivity index (χ4n) is 4.94. The Labute approximate surface area is 165 Å². The second-order valence-electron chi connectivity index (χ2n) is 8.32. The summed E-state index contributed by atoms with van der Waals surface area (Å²) >= 11 is 0. The van der Waals surface area contributed by atoms with Gasteiger partial charge in [0.1, 0.15) is 12.4 Å². The first-order valence-corrected chi connectivity index (χ1v) is 10.4. The molecule has 1 saturated carbocycles. The number of benzene rings is 1. The highest BCUT2D eigenvalue weighted by molar-refractivity contribution is 5.76. The van der Waals surface area contributed by atoms with Gasteiger partial charge in [-0.3, -0.25) is 4.79 Å². The molecule has 5 nitrogen and oxygen atoms in total. The Morgan fingerprint density at radius 2 is 1.96 bits per heavy atom. The fraction of sp³-hybridized carbons (Fsp3) is 0.545. The summed E-state index contributed by atoms with van der Waals surface area (Å²) in [5.41, 5.74) is 0.839. The van der Waals surface area contributed by atoms with Gasteiger partial charge in [-0.2, -0.15) is 0 Å². The van der Waals surface area contributed by atoms with Crippen molar-refractivity contribution < 1.29 is 9.18 Å². The zero-order valence-corrected chi connectivity index (χ0v) is 16.3. The lowest BCUT2D eigenvalue weighted by atomic mass is 9.77. The molecule has 1 aromatic carbocycles. The maximum atomic E-state index is 14.5. The van der Waals surface area contributed by atoms with Crippen molar-refractivity contribution in [1.82, 2.24) is 19.8 Å². The van der Waals surface area contributed by atoms with Crippen LogP contribution in [0, 0.1) is 5.82 Å². The van der Waals surface area contributed by atoms with Gasteiger partial charge in [-0.25, -0.2) is 9.37 Å². The summed E-state index contributed by atoms with van der Waals surface area (Å²) in [4.78, 5) is 18.6. The molecule has 2 heterocycles. The van der Waals surface area contributed by atoms with Crippen LogP contribution in [0.5, 0.6) is 0 Å². The molecule has 1 saturated heterocycles. The van der Waals surface area contributed by atoms with E-state index in [-0.39, 0.29) is 23.2 Å². The number of rotatable bonds is 6. The number of nitrogens with zero attached hydrogens (tertiary/aromatic N) is 3. The van der Waals surface area contributed by atoms with E-state index in [0.717, 1.165) is 50.9 Å². The van der Waals surface area contributed by atoms with E-state index < -0.39 is 0 Å². The Balaban J connectivity index is 1.32. The number of carbonyl (C=O) groups is 1. The van der Waals surface area contributed by atoms with Crippen LogP contribution in [0.25, 0.3) is 0 Å². The lowest BCUT2D eigenvalue weighted by Crippen LogP contribution is -2.49. The number of hydrogen-bond acceptors (Lipinski definition) is 3. The van der Waals surface area contributed by atoms with Crippen molar-refractivity contribution in [2.75, 3.05) is 19.6 Å². The number of piperidine rings is 1. The van der Waals surface area contributed by atoms with E-state index in [1.54, 1.807) is 35.4 Å². The fourth-order valence-corrected chi connectivity index (χ4v) is 4.94. The maximum Gasteiger partial charge on any atom is 0.240 e. The maximum absolute atomic E-state index is 14.5. The van der Waals surface area contributed by atoms with Crippen molar-refractivity contribution in [2.24, 2.45) is 0 Å². The Bertz CT molecular complexity index is 778. The van der Waals surface area contributed by atoms with Gasteiger partial charge in [0, 0.05) is 43.5 Å². The quantitative estimate of drug-likeness (QED) is 0.833. The van der Waals surface area contributed by atoms with Crippen LogP contribution in [-0.4, -0.2) is 46.0 Å². The normalized spacial score (nSPS) is 20.3. The van der Waals surface area contributed by atoms with E-state index in [1.807, 2.05) is 12.1 Å². The number of hydrogen-bond donors (Lipinski definition) is 1. The summed E-state index contributed by atoms with van der Waals surface area (Å²) in [6.45, 7) is 3.14. The minimum atomic E-state index is -0.0638. The standard InChI is InChI=1S/C22H29FN4O/c23-20-6-2-1-5-19(20)22(9-3-4-10-22)16-26-12-7-18(8-13-26)25-21(28)15-27-14-11-24-17-27/h1-2,5-6,11,14,17-18H,3-4,7-10,12-13,15-16H2,(H,25,28). The molecule has 6 heteroatoms. The molecule has 4 rings (SSSR count). The number of carbonyl (C=O) groups excluding carboxylic acids is 1. The molecule has 1 N–H and O–H groups in total. The predicted molar refractivity (Wildman–Crippen MR) is 106 cm³/mol. The van der Waals surface area contributed by atoms with Gasteiger partial charge in [0.2, 0.25) is 5.91 Å². The Hall–Kier alpha value is -2.21. The molecule has 28 heavy (non-hydrogen) atoms. The first-order chi connectivity index (χ1) is 13.6. The molecule has 2 aliphatic rings. The first-order valence-electron chi connectivity index (χ1n) is 10.4. The lowest BCUT2D eigenvalue weighted by molar-refractivity contribution is -0.122. The topological polar surface area (TPSA) is 50.2 Å². The minimum Gasteiger partial charge on any atom is -0.352 e. The van der Waals surface area contributed by atoms with Crippen molar-refractivity contribution in [2.45, 2.75) is 56.5 Å². The van der Waals surface area contributed by atoms with Gasteiger partial charge >= 0.3 is 0 Å². The summed E-state index contributed by atoms with van der Waals surface area (Å²) < 4.78 is 16.3. The van der Waals surface area contributed by atoms with Crippen LogP contribution < -0.4 is 5.32 Å². The molecule has 2 aromatic rings. The third-order valence-corrected chi connectivity index (χ3v) is 6.37. The van der Waals surface area contributed by atoms with E-state index >= 15 is 0 Å². The van der Waals surface area contributed by atoms with Crippen LogP contribution in [0.15, 0.2) is 43.0 Å². The highest BCUT2D eigenvalue weighted by atomic mass is 19.1. The second-order valence-corrected chi connectivity index (χ2v) is 8.32.